The number of carbonyl (C=O) groups excluding carboxylic acids is 2. The number of unbranched alkanes of at least 4 members (excludes halogenated alkanes) is 15. The zero-order chi connectivity index (χ0) is 49.3. The molecule has 6 heteroatoms. The molecule has 0 aromatic heterocycles. The van der Waals surface area contributed by atoms with Crippen LogP contribution in [-0.2, 0) is 54.0 Å². The van der Waals surface area contributed by atoms with Crippen LogP contribution in [0.5, 0.6) is 0 Å². The summed E-state index contributed by atoms with van der Waals surface area (Å²) in [5, 5.41) is 0. The van der Waals surface area contributed by atoms with Crippen molar-refractivity contribution in [1.29, 1.82) is 0 Å². The minimum Gasteiger partial charge on any atom is -0.461 e. The largest absolute Gasteiger partial charge is 0.461 e. The molecule has 6 rings (SSSR count). The summed E-state index contributed by atoms with van der Waals surface area (Å²) in [5.41, 5.74) is 5.19. The summed E-state index contributed by atoms with van der Waals surface area (Å²) in [5.74, 6) is -0.250. The van der Waals surface area contributed by atoms with Crippen LogP contribution in [0.2, 0.25) is 0 Å². The summed E-state index contributed by atoms with van der Waals surface area (Å²) in [6, 6.07) is 62.0. The van der Waals surface area contributed by atoms with E-state index in [-0.39, 0.29) is 18.5 Å². The third-order valence-corrected chi connectivity index (χ3v) is 13.8. The van der Waals surface area contributed by atoms with Gasteiger partial charge in [-0.15, -0.1) is 0 Å². The SMILES string of the molecule is O=C(CCCCCCCCCCC(CCCCCCCCCCCOC(c1ccccc1)(c1ccccc1)c1ccccc1)(COCc1ccccc1)C(=O)OCc1ccccc1)OCc1ccccc1. The molecule has 0 heterocycles. The van der Waals surface area contributed by atoms with Gasteiger partial charge >= 0.3 is 11.9 Å². The molecular weight excluding hydrogens is 877 g/mol. The number of rotatable bonds is 36. The van der Waals surface area contributed by atoms with Crippen LogP contribution in [0.1, 0.15) is 162 Å². The van der Waals surface area contributed by atoms with Gasteiger partial charge in [0.15, 0.2) is 0 Å². The van der Waals surface area contributed by atoms with Gasteiger partial charge < -0.3 is 18.9 Å². The van der Waals surface area contributed by atoms with Gasteiger partial charge in [-0.25, -0.2) is 0 Å². The molecular formula is C65H80O6. The highest BCUT2D eigenvalue weighted by Crippen LogP contribution is 2.41. The van der Waals surface area contributed by atoms with Crippen LogP contribution in [0, 0.1) is 5.41 Å². The Kier molecular flexibility index (Phi) is 24.7. The number of hydrogen-bond acceptors (Lipinski definition) is 6. The van der Waals surface area contributed by atoms with E-state index in [1.54, 1.807) is 0 Å². The highest BCUT2D eigenvalue weighted by atomic mass is 16.5. The predicted octanol–water partition coefficient (Wildman–Crippen LogP) is 16.5. The smallest absolute Gasteiger partial charge is 0.314 e. The van der Waals surface area contributed by atoms with Crippen molar-refractivity contribution in [2.45, 2.75) is 154 Å². The number of benzene rings is 6. The van der Waals surface area contributed by atoms with Crippen molar-refractivity contribution in [3.63, 3.8) is 0 Å². The zero-order valence-corrected chi connectivity index (χ0v) is 42.4. The van der Waals surface area contributed by atoms with Gasteiger partial charge in [-0.3, -0.25) is 9.59 Å². The van der Waals surface area contributed by atoms with Crippen molar-refractivity contribution in [3.05, 3.63) is 215 Å². The van der Waals surface area contributed by atoms with E-state index in [4.69, 9.17) is 18.9 Å². The van der Waals surface area contributed by atoms with Gasteiger partial charge in [-0.1, -0.05) is 278 Å². The molecule has 0 radical (unpaired) electrons. The number of carbonyl (C=O) groups is 2. The molecule has 6 nitrogen and oxygen atoms in total. The fraction of sp³-hybridized carbons (Fsp3) is 0.415. The molecule has 1 atom stereocenters. The Morgan fingerprint density at radius 2 is 0.690 bits per heavy atom. The van der Waals surface area contributed by atoms with Crippen LogP contribution in [0.15, 0.2) is 182 Å². The lowest BCUT2D eigenvalue weighted by molar-refractivity contribution is -0.163. The van der Waals surface area contributed by atoms with Crippen LogP contribution in [0.25, 0.3) is 0 Å². The second-order valence-corrected chi connectivity index (χ2v) is 19.4. The van der Waals surface area contributed by atoms with E-state index in [1.807, 2.05) is 78.9 Å². The predicted molar refractivity (Wildman–Crippen MR) is 289 cm³/mol. The minimum absolute atomic E-state index is 0.119. The van der Waals surface area contributed by atoms with Crippen molar-refractivity contribution >= 4 is 11.9 Å². The van der Waals surface area contributed by atoms with Crippen LogP contribution in [-0.4, -0.2) is 25.2 Å². The second kappa shape index (κ2) is 32.2. The minimum atomic E-state index is -0.695. The van der Waals surface area contributed by atoms with Crippen LogP contribution >= 0.6 is 0 Å². The fourth-order valence-corrected chi connectivity index (χ4v) is 9.75. The van der Waals surface area contributed by atoms with E-state index >= 15 is 0 Å². The van der Waals surface area contributed by atoms with Crippen molar-refractivity contribution < 1.29 is 28.5 Å². The quantitative estimate of drug-likeness (QED) is 0.0222. The van der Waals surface area contributed by atoms with Gasteiger partial charge in [0.05, 0.1) is 18.6 Å². The molecule has 0 fully saturated rings. The molecule has 0 amide bonds. The molecule has 0 aliphatic heterocycles. The van der Waals surface area contributed by atoms with E-state index in [2.05, 4.69) is 103 Å². The highest BCUT2D eigenvalue weighted by molar-refractivity contribution is 5.77. The zero-order valence-electron chi connectivity index (χ0n) is 42.4. The van der Waals surface area contributed by atoms with Gasteiger partial charge in [0.25, 0.3) is 0 Å². The fourth-order valence-electron chi connectivity index (χ4n) is 9.75. The van der Waals surface area contributed by atoms with Crippen molar-refractivity contribution in [1.82, 2.24) is 0 Å². The standard InChI is InChI=1S/C65H80O6/c66-62(69-53-57-38-22-15-23-39-57)48-32-10-6-2-4-8-12-34-50-64(55-68-52-56-36-20-14-21-37-56,63(67)70-54-58-40-24-16-25-41-58)49-33-11-7-3-1-5-9-13-35-51-71-65(59-42-26-17-27-43-59,60-44-28-18-29-45-60)61-46-30-19-31-47-61/h14-31,36-47H,1-13,32-35,48-55H2. The van der Waals surface area contributed by atoms with Crippen molar-refractivity contribution in [2.24, 2.45) is 5.41 Å². The first-order valence-electron chi connectivity index (χ1n) is 26.9. The molecule has 6 aromatic rings. The first kappa shape index (κ1) is 54.5. The number of ether oxygens (including phenoxy) is 4. The maximum absolute atomic E-state index is 14.3. The van der Waals surface area contributed by atoms with Crippen molar-refractivity contribution in [3.8, 4) is 0 Å². The summed E-state index contributed by atoms with van der Waals surface area (Å²) in [6.07, 6.45) is 20.7. The Morgan fingerprint density at radius 1 is 0.352 bits per heavy atom. The highest BCUT2D eigenvalue weighted by Gasteiger charge is 2.40. The molecule has 0 spiro atoms. The Bertz CT molecular complexity index is 2190. The Balaban J connectivity index is 0.932. The Labute approximate surface area is 426 Å². The molecule has 71 heavy (non-hydrogen) atoms. The summed E-state index contributed by atoms with van der Waals surface area (Å²) in [6.45, 7) is 2.12. The van der Waals surface area contributed by atoms with E-state index in [9.17, 15) is 9.59 Å². The normalized spacial score (nSPS) is 12.3. The summed E-state index contributed by atoms with van der Waals surface area (Å²) < 4.78 is 25.1. The lowest BCUT2D eigenvalue weighted by atomic mass is 9.78. The van der Waals surface area contributed by atoms with Gasteiger partial charge in [-0.05, 0) is 59.1 Å². The molecule has 0 saturated carbocycles. The number of hydrogen-bond donors (Lipinski definition) is 0. The first-order chi connectivity index (χ1) is 35.1. The molecule has 6 aromatic carbocycles. The average Bonchev–Trinajstić information content (AvgIpc) is 3.43. The number of esters is 2. The maximum atomic E-state index is 14.3. The Hall–Kier alpha value is -5.82. The molecule has 376 valence electrons. The van der Waals surface area contributed by atoms with Crippen molar-refractivity contribution in [2.75, 3.05) is 13.2 Å². The van der Waals surface area contributed by atoms with Gasteiger partial charge in [0.1, 0.15) is 18.8 Å². The molecule has 0 saturated heterocycles. The lowest BCUT2D eigenvalue weighted by Gasteiger charge is -2.36. The van der Waals surface area contributed by atoms with Gasteiger partial charge in [-0.2, -0.15) is 0 Å². The molecule has 0 N–H and O–H groups in total. The second-order valence-electron chi connectivity index (χ2n) is 19.4. The van der Waals surface area contributed by atoms with Crippen LogP contribution < -0.4 is 0 Å². The first-order valence-corrected chi connectivity index (χ1v) is 26.9. The average molecular weight is 957 g/mol. The maximum Gasteiger partial charge on any atom is 0.314 e. The molecule has 1 unspecified atom stereocenters. The molecule has 0 aliphatic rings. The molecule has 0 bridgehead atoms. The third-order valence-electron chi connectivity index (χ3n) is 13.8. The van der Waals surface area contributed by atoms with Crippen LogP contribution in [0.4, 0.5) is 0 Å². The monoisotopic (exact) mass is 957 g/mol. The topological polar surface area (TPSA) is 71.1 Å². The van der Waals surface area contributed by atoms with Gasteiger partial charge in [0, 0.05) is 13.0 Å². The lowest BCUT2D eigenvalue weighted by Crippen LogP contribution is -2.38. The summed E-state index contributed by atoms with van der Waals surface area (Å²) in [4.78, 5) is 26.6. The molecule has 0 aliphatic carbocycles. The van der Waals surface area contributed by atoms with Gasteiger partial charge in [0.2, 0.25) is 0 Å². The summed E-state index contributed by atoms with van der Waals surface area (Å²) in [7, 11) is 0. The van der Waals surface area contributed by atoms with E-state index in [1.165, 1.54) is 25.7 Å². The summed E-state index contributed by atoms with van der Waals surface area (Å²) >= 11 is 0. The van der Waals surface area contributed by atoms with E-state index in [0.29, 0.717) is 32.8 Å². The van der Waals surface area contributed by atoms with Crippen LogP contribution in [0.3, 0.4) is 0 Å². The third kappa shape index (κ3) is 19.0. The Morgan fingerprint density at radius 3 is 1.11 bits per heavy atom. The van der Waals surface area contributed by atoms with E-state index < -0.39 is 11.0 Å². The van der Waals surface area contributed by atoms with E-state index in [0.717, 1.165) is 130 Å².